The van der Waals surface area contributed by atoms with Gasteiger partial charge in [0, 0.05) is 12.0 Å². The van der Waals surface area contributed by atoms with Gasteiger partial charge >= 0.3 is 0 Å². The lowest BCUT2D eigenvalue weighted by Gasteiger charge is -2.03. The van der Waals surface area contributed by atoms with Crippen LogP contribution in [0.5, 0.6) is 0 Å². The highest BCUT2D eigenvalue weighted by Gasteiger charge is 2.37. The molecular formula is C10H9FO3S. The Bertz CT molecular complexity index is 507. The second kappa shape index (κ2) is 3.41. The fourth-order valence-electron chi connectivity index (χ4n) is 1.84. The molecule has 0 bridgehead atoms. The van der Waals surface area contributed by atoms with Crippen molar-refractivity contribution in [2.24, 2.45) is 0 Å². The number of carbonyl (C=O) groups is 1. The Kier molecular flexibility index (Phi) is 2.34. The van der Waals surface area contributed by atoms with E-state index in [1.807, 2.05) is 0 Å². The topological polar surface area (TPSA) is 51.2 Å². The quantitative estimate of drug-likeness (QED) is 0.712. The number of carbonyl (C=O) groups excluding carboxylic acids is 1. The van der Waals surface area contributed by atoms with Crippen LogP contribution in [0, 0.1) is 5.82 Å². The van der Waals surface area contributed by atoms with Crippen LogP contribution >= 0.6 is 0 Å². The number of halogens is 1. The molecule has 1 unspecified atom stereocenters. The summed E-state index contributed by atoms with van der Waals surface area (Å²) >= 11 is 0. The van der Waals surface area contributed by atoms with Crippen molar-refractivity contribution in [2.75, 3.05) is 0 Å². The van der Waals surface area contributed by atoms with Gasteiger partial charge in [-0.25, -0.2) is 12.8 Å². The number of aldehydes is 1. The molecule has 1 aromatic rings. The molecule has 0 spiro atoms. The molecule has 3 nitrogen and oxygen atoms in total. The average molecular weight is 228 g/mol. The number of sulfone groups is 1. The van der Waals surface area contributed by atoms with E-state index in [1.54, 1.807) is 0 Å². The molecule has 80 valence electrons. The molecule has 0 saturated carbocycles. The molecule has 2 rings (SSSR count). The summed E-state index contributed by atoms with van der Waals surface area (Å²) in [7, 11) is -3.50. The molecule has 0 aliphatic carbocycles. The summed E-state index contributed by atoms with van der Waals surface area (Å²) in [5.74, 6) is -0.510. The predicted molar refractivity (Wildman–Crippen MR) is 51.8 cm³/mol. The van der Waals surface area contributed by atoms with Crippen LogP contribution in [0.25, 0.3) is 0 Å². The molecule has 1 atom stereocenters. The van der Waals surface area contributed by atoms with Crippen LogP contribution in [0.1, 0.15) is 12.0 Å². The highest BCUT2D eigenvalue weighted by molar-refractivity contribution is 7.92. The first-order chi connectivity index (χ1) is 7.07. The van der Waals surface area contributed by atoms with Crippen molar-refractivity contribution in [3.8, 4) is 0 Å². The van der Waals surface area contributed by atoms with E-state index in [9.17, 15) is 17.6 Å². The van der Waals surface area contributed by atoms with Crippen molar-refractivity contribution < 1.29 is 17.6 Å². The first-order valence-electron chi connectivity index (χ1n) is 4.52. The maximum Gasteiger partial charge on any atom is 0.182 e. The van der Waals surface area contributed by atoms with E-state index in [2.05, 4.69) is 0 Å². The Morgan fingerprint density at radius 3 is 2.80 bits per heavy atom. The first kappa shape index (κ1) is 10.3. The van der Waals surface area contributed by atoms with Gasteiger partial charge in [0.2, 0.25) is 0 Å². The van der Waals surface area contributed by atoms with E-state index >= 15 is 0 Å². The zero-order valence-electron chi connectivity index (χ0n) is 7.81. The van der Waals surface area contributed by atoms with Crippen LogP contribution in [-0.2, 0) is 21.1 Å². The van der Waals surface area contributed by atoms with Gasteiger partial charge in [-0.3, -0.25) is 0 Å². The van der Waals surface area contributed by atoms with Gasteiger partial charge < -0.3 is 4.79 Å². The number of hydrogen-bond donors (Lipinski definition) is 0. The standard InChI is InChI=1S/C10H9FO3S/c11-9-2-1-3-10-8(9)6-7(4-5-12)15(10,13)14/h1-3,5,7H,4,6H2. The largest absolute Gasteiger partial charge is 0.303 e. The molecule has 0 N–H and O–H groups in total. The summed E-state index contributed by atoms with van der Waals surface area (Å²) in [4.78, 5) is 10.4. The van der Waals surface area contributed by atoms with Gasteiger partial charge in [0.25, 0.3) is 0 Å². The fraction of sp³-hybridized carbons (Fsp3) is 0.300. The molecule has 0 aromatic heterocycles. The second-order valence-corrected chi connectivity index (χ2v) is 5.69. The molecule has 5 heteroatoms. The molecule has 15 heavy (non-hydrogen) atoms. The van der Waals surface area contributed by atoms with Gasteiger partial charge in [0.15, 0.2) is 9.84 Å². The highest BCUT2D eigenvalue weighted by Crippen LogP contribution is 2.33. The van der Waals surface area contributed by atoms with Crippen LogP contribution in [0.4, 0.5) is 4.39 Å². The minimum Gasteiger partial charge on any atom is -0.303 e. The van der Waals surface area contributed by atoms with Crippen molar-refractivity contribution in [1.82, 2.24) is 0 Å². The summed E-state index contributed by atoms with van der Waals surface area (Å²) in [6.07, 6.45) is 0.589. The summed E-state index contributed by atoms with van der Waals surface area (Å²) in [6, 6.07) is 3.99. The van der Waals surface area contributed by atoms with Crippen molar-refractivity contribution in [3.63, 3.8) is 0 Å². The molecule has 0 saturated heterocycles. The average Bonchev–Trinajstić information content (AvgIpc) is 2.43. The van der Waals surface area contributed by atoms with Gasteiger partial charge in [-0.05, 0) is 18.6 Å². The molecule has 0 radical (unpaired) electrons. The monoisotopic (exact) mass is 228 g/mol. The summed E-state index contributed by atoms with van der Waals surface area (Å²) in [5, 5.41) is -0.790. The molecular weight excluding hydrogens is 219 g/mol. The van der Waals surface area contributed by atoms with Gasteiger partial charge in [-0.2, -0.15) is 0 Å². The van der Waals surface area contributed by atoms with Gasteiger partial charge in [-0.1, -0.05) is 6.07 Å². The van der Waals surface area contributed by atoms with Crippen LogP contribution in [0.2, 0.25) is 0 Å². The summed E-state index contributed by atoms with van der Waals surface area (Å²) < 4.78 is 36.9. The Labute approximate surface area is 86.8 Å². The van der Waals surface area contributed by atoms with E-state index in [-0.39, 0.29) is 23.3 Å². The molecule has 1 heterocycles. The maximum atomic E-state index is 13.3. The molecule has 1 aromatic carbocycles. The van der Waals surface area contributed by atoms with Crippen LogP contribution < -0.4 is 0 Å². The van der Waals surface area contributed by atoms with Crippen molar-refractivity contribution in [3.05, 3.63) is 29.6 Å². The highest BCUT2D eigenvalue weighted by atomic mass is 32.2. The van der Waals surface area contributed by atoms with Crippen molar-refractivity contribution >= 4 is 16.1 Å². The molecule has 0 fully saturated rings. The number of fused-ring (bicyclic) bond motifs is 1. The van der Waals surface area contributed by atoms with E-state index < -0.39 is 20.9 Å². The SMILES string of the molecule is O=CCC1Cc2c(F)cccc2S1(=O)=O. The lowest BCUT2D eigenvalue weighted by Crippen LogP contribution is -2.17. The molecule has 1 aliphatic rings. The van der Waals surface area contributed by atoms with Crippen LogP contribution in [0.3, 0.4) is 0 Å². The zero-order valence-corrected chi connectivity index (χ0v) is 8.63. The van der Waals surface area contributed by atoms with Crippen molar-refractivity contribution in [2.45, 2.75) is 23.0 Å². The fourth-order valence-corrected chi connectivity index (χ4v) is 3.71. The smallest absolute Gasteiger partial charge is 0.182 e. The molecule has 0 amide bonds. The van der Waals surface area contributed by atoms with E-state index in [0.29, 0.717) is 6.29 Å². The second-order valence-electron chi connectivity index (χ2n) is 3.49. The third kappa shape index (κ3) is 1.47. The Morgan fingerprint density at radius 2 is 2.20 bits per heavy atom. The number of hydrogen-bond acceptors (Lipinski definition) is 3. The normalized spacial score (nSPS) is 22.3. The maximum absolute atomic E-state index is 13.3. The van der Waals surface area contributed by atoms with Crippen LogP contribution in [-0.4, -0.2) is 20.0 Å². The molecule has 1 aliphatic heterocycles. The third-order valence-corrected chi connectivity index (χ3v) is 4.84. The van der Waals surface area contributed by atoms with E-state index in [0.717, 1.165) is 0 Å². The lowest BCUT2D eigenvalue weighted by molar-refractivity contribution is -0.107. The zero-order chi connectivity index (χ0) is 11.1. The minimum atomic E-state index is -3.50. The van der Waals surface area contributed by atoms with Gasteiger partial charge in [-0.15, -0.1) is 0 Å². The van der Waals surface area contributed by atoms with E-state index in [1.165, 1.54) is 18.2 Å². The Morgan fingerprint density at radius 1 is 1.47 bits per heavy atom. The first-order valence-corrected chi connectivity index (χ1v) is 6.07. The van der Waals surface area contributed by atoms with Crippen molar-refractivity contribution in [1.29, 1.82) is 0 Å². The van der Waals surface area contributed by atoms with E-state index in [4.69, 9.17) is 0 Å². The number of benzene rings is 1. The number of rotatable bonds is 2. The van der Waals surface area contributed by atoms with Crippen LogP contribution in [0.15, 0.2) is 23.1 Å². The minimum absolute atomic E-state index is 0.0364. The van der Waals surface area contributed by atoms with Gasteiger partial charge in [0.05, 0.1) is 10.1 Å². The summed E-state index contributed by atoms with van der Waals surface area (Å²) in [6.45, 7) is 0. The Balaban J connectivity index is 2.57. The Hall–Kier alpha value is -1.23. The predicted octanol–water partition coefficient (Wildman–Crippen LogP) is 1.11. The van der Waals surface area contributed by atoms with Gasteiger partial charge in [0.1, 0.15) is 12.1 Å². The lowest BCUT2D eigenvalue weighted by atomic mass is 10.1. The summed E-state index contributed by atoms with van der Waals surface area (Å²) in [5.41, 5.74) is 0.212. The third-order valence-electron chi connectivity index (χ3n) is 2.61.